The summed E-state index contributed by atoms with van der Waals surface area (Å²) in [5.41, 5.74) is 3.36. The molecule has 3 unspecified atom stereocenters. The van der Waals surface area contributed by atoms with Crippen LogP contribution in [0, 0.1) is 24.2 Å². The molecule has 3 aromatic rings. The molecule has 2 aliphatic rings. The van der Waals surface area contributed by atoms with Crippen molar-refractivity contribution in [2.24, 2.45) is 5.92 Å². The number of aryl methyl sites for hydroxylation is 1. The average molecular weight is 526 g/mol. The van der Waals surface area contributed by atoms with Gasteiger partial charge in [-0.3, -0.25) is 14.4 Å². The number of esters is 1. The minimum atomic E-state index is -0.946. The molecule has 3 atom stereocenters. The van der Waals surface area contributed by atoms with Gasteiger partial charge in [0.05, 0.1) is 30.7 Å². The predicted octanol–water partition coefficient (Wildman–Crippen LogP) is 3.66. The van der Waals surface area contributed by atoms with Crippen LogP contribution in [0.25, 0.3) is 0 Å². The van der Waals surface area contributed by atoms with E-state index in [1.165, 1.54) is 12.0 Å². The van der Waals surface area contributed by atoms with Crippen LogP contribution in [0.1, 0.15) is 45.1 Å². The summed E-state index contributed by atoms with van der Waals surface area (Å²) in [5.74, 6) is -1.19. The van der Waals surface area contributed by atoms with Gasteiger partial charge in [0, 0.05) is 12.1 Å². The van der Waals surface area contributed by atoms with Gasteiger partial charge in [-0.15, -0.1) is 0 Å². The van der Waals surface area contributed by atoms with Gasteiger partial charge in [0.15, 0.2) is 11.5 Å². The molecule has 0 saturated carbocycles. The van der Waals surface area contributed by atoms with E-state index in [0.717, 1.165) is 11.1 Å². The normalized spacial score (nSPS) is 19.3. The average Bonchev–Trinajstić information content (AvgIpc) is 3.61. The molecule has 2 amide bonds. The first kappa shape index (κ1) is 25.8. The fourth-order valence-electron chi connectivity index (χ4n) is 5.09. The van der Waals surface area contributed by atoms with Crippen LogP contribution in [0.2, 0.25) is 0 Å². The summed E-state index contributed by atoms with van der Waals surface area (Å²) in [6, 6.07) is 19.6. The Morgan fingerprint density at radius 1 is 1.03 bits per heavy atom. The number of likely N-dealkylation sites (tertiary alicyclic amines) is 1. The second-order valence-electron chi connectivity index (χ2n) is 9.54. The highest BCUT2D eigenvalue weighted by atomic mass is 16.7. The maximum absolute atomic E-state index is 14.1. The number of hydrogen-bond donors (Lipinski definition) is 1. The fraction of sp³-hybridized carbons (Fsp3) is 0.267. The summed E-state index contributed by atoms with van der Waals surface area (Å²) in [4.78, 5) is 42.1. The van der Waals surface area contributed by atoms with Crippen molar-refractivity contribution in [1.82, 2.24) is 10.2 Å². The summed E-state index contributed by atoms with van der Waals surface area (Å²) in [6.45, 7) is 2.31. The standard InChI is InChI=1S/C30H27N3O6/c1-18-3-5-20(6-4-18)16-32-28(34)24-14-23(30(36)37-2)27(21-9-7-19(15-31)8-10-21)33(24)29(35)22-11-12-25-26(13-22)39-17-38-25/h3-13,23-24,27H,14,16-17H2,1-2H3,(H,32,34). The monoisotopic (exact) mass is 525 g/mol. The topological polar surface area (TPSA) is 118 Å². The van der Waals surface area contributed by atoms with Gasteiger partial charge in [0.2, 0.25) is 12.7 Å². The van der Waals surface area contributed by atoms with Crippen molar-refractivity contribution in [3.63, 3.8) is 0 Å². The van der Waals surface area contributed by atoms with Crippen molar-refractivity contribution >= 4 is 17.8 Å². The highest BCUT2D eigenvalue weighted by Gasteiger charge is 2.51. The van der Waals surface area contributed by atoms with Crippen molar-refractivity contribution in [2.45, 2.75) is 32.0 Å². The third-order valence-electron chi connectivity index (χ3n) is 7.12. The number of carbonyl (C=O) groups is 3. The Balaban J connectivity index is 1.52. The predicted molar refractivity (Wildman–Crippen MR) is 140 cm³/mol. The van der Waals surface area contributed by atoms with Crippen molar-refractivity contribution < 1.29 is 28.6 Å². The molecular formula is C30H27N3O6. The smallest absolute Gasteiger partial charge is 0.311 e. The van der Waals surface area contributed by atoms with E-state index in [-0.39, 0.29) is 25.7 Å². The second kappa shape index (κ2) is 10.9. The Morgan fingerprint density at radius 3 is 2.44 bits per heavy atom. The highest BCUT2D eigenvalue weighted by Crippen LogP contribution is 2.43. The zero-order valence-corrected chi connectivity index (χ0v) is 21.5. The van der Waals surface area contributed by atoms with Crippen LogP contribution >= 0.6 is 0 Å². The molecule has 1 fully saturated rings. The summed E-state index contributed by atoms with van der Waals surface area (Å²) < 4.78 is 15.9. The van der Waals surface area contributed by atoms with E-state index >= 15 is 0 Å². The molecule has 5 rings (SSSR count). The summed E-state index contributed by atoms with van der Waals surface area (Å²) in [7, 11) is 1.28. The Bertz CT molecular complexity index is 1450. The van der Waals surface area contributed by atoms with E-state index < -0.39 is 29.9 Å². The van der Waals surface area contributed by atoms with Crippen LogP contribution in [0.4, 0.5) is 0 Å². The van der Waals surface area contributed by atoms with E-state index in [9.17, 15) is 19.6 Å². The highest BCUT2D eigenvalue weighted by molar-refractivity contribution is 5.99. The summed E-state index contributed by atoms with van der Waals surface area (Å²) >= 11 is 0. The minimum absolute atomic E-state index is 0.0546. The lowest BCUT2D eigenvalue weighted by atomic mass is 9.92. The number of methoxy groups -OCH3 is 1. The maximum Gasteiger partial charge on any atom is 0.311 e. The van der Waals surface area contributed by atoms with Crippen LogP contribution < -0.4 is 14.8 Å². The molecule has 3 aromatic carbocycles. The number of carbonyl (C=O) groups excluding carboxylic acids is 3. The molecule has 39 heavy (non-hydrogen) atoms. The number of nitriles is 1. The first-order chi connectivity index (χ1) is 18.9. The summed E-state index contributed by atoms with van der Waals surface area (Å²) in [6.07, 6.45) is 0.0768. The van der Waals surface area contributed by atoms with Gasteiger partial charge >= 0.3 is 5.97 Å². The van der Waals surface area contributed by atoms with Crippen LogP contribution in [0.5, 0.6) is 11.5 Å². The van der Waals surface area contributed by atoms with E-state index in [0.29, 0.717) is 28.2 Å². The number of fused-ring (bicyclic) bond motifs is 1. The molecule has 198 valence electrons. The molecule has 2 aliphatic heterocycles. The zero-order chi connectivity index (χ0) is 27.5. The van der Waals surface area contributed by atoms with E-state index in [4.69, 9.17) is 14.2 Å². The molecule has 2 heterocycles. The van der Waals surface area contributed by atoms with Gasteiger partial charge in [0.1, 0.15) is 6.04 Å². The summed E-state index contributed by atoms with van der Waals surface area (Å²) in [5, 5.41) is 12.2. The molecule has 0 bridgehead atoms. The number of nitrogens with one attached hydrogen (secondary N) is 1. The third kappa shape index (κ3) is 5.14. The van der Waals surface area contributed by atoms with Crippen LogP contribution in [-0.4, -0.2) is 42.6 Å². The second-order valence-corrected chi connectivity index (χ2v) is 9.54. The van der Waals surface area contributed by atoms with Gasteiger partial charge in [-0.1, -0.05) is 42.0 Å². The van der Waals surface area contributed by atoms with Gasteiger partial charge in [-0.2, -0.15) is 5.26 Å². The number of nitrogens with zero attached hydrogens (tertiary/aromatic N) is 2. The van der Waals surface area contributed by atoms with Crippen LogP contribution in [0.3, 0.4) is 0 Å². The van der Waals surface area contributed by atoms with Gasteiger partial charge < -0.3 is 24.4 Å². The molecule has 0 aliphatic carbocycles. The molecule has 0 spiro atoms. The number of rotatable bonds is 6. The minimum Gasteiger partial charge on any atom is -0.469 e. The fourth-order valence-corrected chi connectivity index (χ4v) is 5.09. The molecule has 0 radical (unpaired) electrons. The quantitative estimate of drug-likeness (QED) is 0.488. The third-order valence-corrected chi connectivity index (χ3v) is 7.12. The van der Waals surface area contributed by atoms with Crippen molar-refractivity contribution in [1.29, 1.82) is 5.26 Å². The molecular weight excluding hydrogens is 498 g/mol. The van der Waals surface area contributed by atoms with Crippen molar-refractivity contribution in [3.05, 3.63) is 94.5 Å². The Hall–Kier alpha value is -4.84. The first-order valence-electron chi connectivity index (χ1n) is 12.5. The lowest BCUT2D eigenvalue weighted by molar-refractivity contribution is -0.146. The zero-order valence-electron chi connectivity index (χ0n) is 21.5. The first-order valence-corrected chi connectivity index (χ1v) is 12.5. The number of hydrogen-bond acceptors (Lipinski definition) is 7. The largest absolute Gasteiger partial charge is 0.469 e. The van der Waals surface area contributed by atoms with Gasteiger partial charge in [-0.05, 0) is 54.8 Å². The van der Waals surface area contributed by atoms with Crippen molar-refractivity contribution in [2.75, 3.05) is 13.9 Å². The Labute approximate surface area is 225 Å². The lowest BCUT2D eigenvalue weighted by Gasteiger charge is -2.31. The lowest BCUT2D eigenvalue weighted by Crippen LogP contribution is -2.46. The van der Waals surface area contributed by atoms with E-state index in [1.54, 1.807) is 42.5 Å². The number of ether oxygens (including phenoxy) is 3. The SMILES string of the molecule is COC(=O)C1CC(C(=O)NCc2ccc(C)cc2)N(C(=O)c2ccc3c(c2)OCO3)C1c1ccc(C#N)cc1. The molecule has 0 aromatic heterocycles. The molecule has 1 N–H and O–H groups in total. The Kier molecular flexibility index (Phi) is 7.19. The van der Waals surface area contributed by atoms with Crippen molar-refractivity contribution in [3.8, 4) is 17.6 Å². The molecule has 9 heteroatoms. The Morgan fingerprint density at radius 2 is 1.74 bits per heavy atom. The molecule has 9 nitrogen and oxygen atoms in total. The van der Waals surface area contributed by atoms with Crippen LogP contribution in [-0.2, 0) is 20.9 Å². The maximum atomic E-state index is 14.1. The number of benzene rings is 3. The molecule has 1 saturated heterocycles. The van der Waals surface area contributed by atoms with Gasteiger partial charge in [0.25, 0.3) is 5.91 Å². The number of amides is 2. The van der Waals surface area contributed by atoms with E-state index in [2.05, 4.69) is 11.4 Å². The van der Waals surface area contributed by atoms with Gasteiger partial charge in [-0.25, -0.2) is 0 Å². The van der Waals surface area contributed by atoms with E-state index in [1.807, 2.05) is 31.2 Å². The van der Waals surface area contributed by atoms with Crippen LogP contribution in [0.15, 0.2) is 66.7 Å².